The van der Waals surface area contributed by atoms with Crippen molar-refractivity contribution in [3.8, 4) is 17.2 Å². The van der Waals surface area contributed by atoms with Gasteiger partial charge in [-0.15, -0.1) is 11.3 Å². The first-order valence-corrected chi connectivity index (χ1v) is 11.6. The predicted octanol–water partition coefficient (Wildman–Crippen LogP) is 4.62. The van der Waals surface area contributed by atoms with Gasteiger partial charge in [0.2, 0.25) is 11.7 Å². The van der Waals surface area contributed by atoms with Gasteiger partial charge in [0.15, 0.2) is 11.5 Å². The average Bonchev–Trinajstić information content (AvgIpc) is 3.41. The first kappa shape index (κ1) is 23.4. The number of ether oxygens (including phenoxy) is 3. The van der Waals surface area contributed by atoms with E-state index in [-0.39, 0.29) is 11.8 Å². The number of carbonyl (C=O) groups is 2. The number of hydrogen-bond donors (Lipinski definition) is 1. The molecule has 8 heteroatoms. The predicted molar refractivity (Wildman–Crippen MR) is 133 cm³/mol. The van der Waals surface area contributed by atoms with Crippen LogP contribution in [0.3, 0.4) is 0 Å². The highest BCUT2D eigenvalue weighted by molar-refractivity contribution is 7.12. The molecule has 2 heterocycles. The van der Waals surface area contributed by atoms with Crippen molar-refractivity contribution in [2.24, 2.45) is 0 Å². The third kappa shape index (κ3) is 5.07. The van der Waals surface area contributed by atoms with Crippen LogP contribution in [0.15, 0.2) is 53.9 Å². The number of nitrogens with zero attached hydrogens (tertiary/aromatic N) is 1. The zero-order chi connectivity index (χ0) is 24.1. The second kappa shape index (κ2) is 10.4. The van der Waals surface area contributed by atoms with Crippen LogP contribution in [-0.2, 0) is 17.8 Å². The Morgan fingerprint density at radius 2 is 1.76 bits per heavy atom. The maximum Gasteiger partial charge on any atom is 0.264 e. The van der Waals surface area contributed by atoms with Gasteiger partial charge in [-0.2, -0.15) is 0 Å². The number of benzene rings is 2. The Hall–Kier alpha value is -3.78. The van der Waals surface area contributed by atoms with Gasteiger partial charge in [0.25, 0.3) is 5.91 Å². The molecule has 0 aliphatic carbocycles. The van der Waals surface area contributed by atoms with Crippen LogP contribution in [0.5, 0.6) is 17.2 Å². The van der Waals surface area contributed by atoms with Crippen LogP contribution >= 0.6 is 11.3 Å². The number of nitrogens with one attached hydrogen (secondary N) is 1. The number of thiophene rings is 1. The van der Waals surface area contributed by atoms with E-state index in [1.165, 1.54) is 23.0 Å². The molecule has 0 unspecified atom stereocenters. The van der Waals surface area contributed by atoms with Crippen LogP contribution in [0.4, 0.5) is 5.69 Å². The molecule has 0 spiro atoms. The number of amides is 2. The highest BCUT2D eigenvalue weighted by atomic mass is 32.1. The first-order chi connectivity index (χ1) is 16.5. The van der Waals surface area contributed by atoms with Crippen LogP contribution in [0.1, 0.15) is 26.4 Å². The summed E-state index contributed by atoms with van der Waals surface area (Å²) in [6.07, 6.45) is 3.92. The lowest BCUT2D eigenvalue weighted by Crippen LogP contribution is -2.35. The molecule has 0 fully saturated rings. The highest BCUT2D eigenvalue weighted by Crippen LogP contribution is 2.38. The average molecular weight is 479 g/mol. The monoisotopic (exact) mass is 478 g/mol. The Morgan fingerprint density at radius 1 is 1.00 bits per heavy atom. The summed E-state index contributed by atoms with van der Waals surface area (Å²) in [6.45, 7) is 1.21. The summed E-state index contributed by atoms with van der Waals surface area (Å²) in [4.78, 5) is 27.9. The fraction of sp³-hybridized carbons (Fsp3) is 0.231. The van der Waals surface area contributed by atoms with E-state index in [9.17, 15) is 9.59 Å². The van der Waals surface area contributed by atoms with E-state index in [1.54, 1.807) is 39.5 Å². The number of methoxy groups -OCH3 is 3. The van der Waals surface area contributed by atoms with Crippen molar-refractivity contribution in [1.82, 2.24) is 4.90 Å². The molecule has 7 nitrogen and oxygen atoms in total. The SMILES string of the molecule is COc1cc(/C=C/C(=O)Nc2ccc3c(c2)CN(C(=O)c2cccs2)CC3)cc(OC)c1OC. The molecule has 4 rings (SSSR count). The van der Waals surface area contributed by atoms with Gasteiger partial charge in [-0.1, -0.05) is 12.1 Å². The maximum absolute atomic E-state index is 12.7. The van der Waals surface area contributed by atoms with Gasteiger partial charge in [-0.3, -0.25) is 9.59 Å². The fourth-order valence-electron chi connectivity index (χ4n) is 3.92. The number of carbonyl (C=O) groups excluding carboxylic acids is 2. The van der Waals surface area contributed by atoms with Crippen LogP contribution in [-0.4, -0.2) is 44.6 Å². The molecule has 0 saturated heterocycles. The molecule has 176 valence electrons. The van der Waals surface area contributed by atoms with Crippen molar-refractivity contribution in [2.75, 3.05) is 33.2 Å². The molecule has 0 saturated carbocycles. The third-order valence-corrected chi connectivity index (χ3v) is 6.48. The molecule has 3 aromatic rings. The number of rotatable bonds is 7. The molecule has 1 aliphatic rings. The summed E-state index contributed by atoms with van der Waals surface area (Å²) in [6, 6.07) is 13.1. The van der Waals surface area contributed by atoms with Crippen molar-refractivity contribution in [3.05, 3.63) is 75.5 Å². The van der Waals surface area contributed by atoms with E-state index < -0.39 is 0 Å². The van der Waals surface area contributed by atoms with Gasteiger partial charge >= 0.3 is 0 Å². The molecule has 0 bridgehead atoms. The standard InChI is InChI=1S/C26H26N2O5S/c1-31-21-13-17(14-22(32-2)25(21)33-3)6-9-24(29)27-20-8-7-18-10-11-28(16-19(18)15-20)26(30)23-5-4-12-34-23/h4-9,12-15H,10-11,16H2,1-3H3,(H,27,29)/b9-6+. The minimum atomic E-state index is -0.268. The summed E-state index contributed by atoms with van der Waals surface area (Å²) >= 11 is 1.45. The smallest absolute Gasteiger partial charge is 0.264 e. The Kier molecular flexibility index (Phi) is 7.18. The van der Waals surface area contributed by atoms with E-state index >= 15 is 0 Å². The molecule has 34 heavy (non-hydrogen) atoms. The topological polar surface area (TPSA) is 77.1 Å². The molecule has 2 aromatic carbocycles. The molecule has 1 aliphatic heterocycles. The molecular weight excluding hydrogens is 452 g/mol. The summed E-state index contributed by atoms with van der Waals surface area (Å²) in [5, 5.41) is 4.81. The number of anilines is 1. The summed E-state index contributed by atoms with van der Waals surface area (Å²) in [5.41, 5.74) is 3.66. The minimum absolute atomic E-state index is 0.0448. The second-order valence-electron chi connectivity index (χ2n) is 7.72. The van der Waals surface area contributed by atoms with Gasteiger partial charge < -0.3 is 24.4 Å². The highest BCUT2D eigenvalue weighted by Gasteiger charge is 2.22. The second-order valence-corrected chi connectivity index (χ2v) is 8.67. The van der Waals surface area contributed by atoms with E-state index in [0.29, 0.717) is 36.0 Å². The van der Waals surface area contributed by atoms with Crippen LogP contribution in [0.2, 0.25) is 0 Å². The van der Waals surface area contributed by atoms with Crippen molar-refractivity contribution in [1.29, 1.82) is 0 Å². The molecule has 2 amide bonds. The van der Waals surface area contributed by atoms with Crippen LogP contribution in [0, 0.1) is 0 Å². The lowest BCUT2D eigenvalue weighted by Gasteiger charge is -2.29. The zero-order valence-electron chi connectivity index (χ0n) is 19.3. The van der Waals surface area contributed by atoms with Crippen LogP contribution < -0.4 is 19.5 Å². The van der Waals surface area contributed by atoms with Crippen molar-refractivity contribution < 1.29 is 23.8 Å². The summed E-state index contributed by atoms with van der Waals surface area (Å²) in [5.74, 6) is 1.29. The van der Waals surface area contributed by atoms with E-state index in [1.807, 2.05) is 40.6 Å². The summed E-state index contributed by atoms with van der Waals surface area (Å²) in [7, 11) is 4.63. The number of fused-ring (bicyclic) bond motifs is 1. The van der Waals surface area contributed by atoms with Crippen molar-refractivity contribution in [3.63, 3.8) is 0 Å². The Morgan fingerprint density at radius 3 is 2.41 bits per heavy atom. The van der Waals surface area contributed by atoms with Crippen LogP contribution in [0.25, 0.3) is 6.08 Å². The molecule has 0 atom stereocenters. The molecule has 0 radical (unpaired) electrons. The summed E-state index contributed by atoms with van der Waals surface area (Å²) < 4.78 is 16.0. The molecule has 1 N–H and O–H groups in total. The quantitative estimate of drug-likeness (QED) is 0.502. The molecular formula is C26H26N2O5S. The van der Waals surface area contributed by atoms with E-state index in [0.717, 1.165) is 22.4 Å². The van der Waals surface area contributed by atoms with Crippen molar-refractivity contribution >= 4 is 34.9 Å². The molecule has 1 aromatic heterocycles. The minimum Gasteiger partial charge on any atom is -0.493 e. The fourth-order valence-corrected chi connectivity index (χ4v) is 4.61. The first-order valence-electron chi connectivity index (χ1n) is 10.8. The van der Waals surface area contributed by atoms with Gasteiger partial charge in [0.1, 0.15) is 0 Å². The zero-order valence-corrected chi connectivity index (χ0v) is 20.1. The lowest BCUT2D eigenvalue weighted by molar-refractivity contribution is -0.111. The number of hydrogen-bond acceptors (Lipinski definition) is 6. The Balaban J connectivity index is 1.45. The van der Waals surface area contributed by atoms with E-state index in [4.69, 9.17) is 14.2 Å². The van der Waals surface area contributed by atoms with Gasteiger partial charge in [0, 0.05) is 24.9 Å². The van der Waals surface area contributed by atoms with Gasteiger partial charge in [-0.05, 0) is 64.9 Å². The van der Waals surface area contributed by atoms with Gasteiger partial charge in [0.05, 0.1) is 26.2 Å². The third-order valence-electron chi connectivity index (χ3n) is 5.62. The normalized spacial score (nSPS) is 12.9. The largest absolute Gasteiger partial charge is 0.493 e. The Bertz CT molecular complexity index is 1190. The Labute approximate surface area is 202 Å². The van der Waals surface area contributed by atoms with E-state index in [2.05, 4.69) is 5.32 Å². The lowest BCUT2D eigenvalue weighted by atomic mass is 9.99. The maximum atomic E-state index is 12.7. The van der Waals surface area contributed by atoms with Crippen molar-refractivity contribution in [2.45, 2.75) is 13.0 Å². The van der Waals surface area contributed by atoms with Gasteiger partial charge in [-0.25, -0.2) is 0 Å².